The van der Waals surface area contributed by atoms with Crippen molar-refractivity contribution in [2.75, 3.05) is 18.1 Å². The van der Waals surface area contributed by atoms with Crippen LogP contribution in [0.4, 0.5) is 11.6 Å². The normalized spacial score (nSPS) is 21.2. The summed E-state index contributed by atoms with van der Waals surface area (Å²) in [6, 6.07) is 10.5. The average molecular weight is 481 g/mol. The topological polar surface area (TPSA) is 102 Å². The molecule has 2 unspecified atom stereocenters. The molecule has 3 atom stereocenters. The Morgan fingerprint density at radius 3 is 2.94 bits per heavy atom. The first-order valence-electron chi connectivity index (χ1n) is 10.6. The van der Waals surface area contributed by atoms with Gasteiger partial charge < -0.3 is 20.7 Å². The summed E-state index contributed by atoms with van der Waals surface area (Å²) in [5.41, 5.74) is 9.03. The maximum Gasteiger partial charge on any atom is 0.145 e. The van der Waals surface area contributed by atoms with Crippen molar-refractivity contribution >= 4 is 49.5 Å². The minimum Gasteiger partial charge on any atom is -0.391 e. The van der Waals surface area contributed by atoms with E-state index >= 15 is 0 Å². The molecule has 3 aromatic heterocycles. The van der Waals surface area contributed by atoms with Crippen molar-refractivity contribution in [3.63, 3.8) is 0 Å². The van der Waals surface area contributed by atoms with Gasteiger partial charge in [-0.15, -0.1) is 0 Å². The molecule has 0 saturated heterocycles. The number of nitrogen functional groups attached to an aromatic ring is 1. The third-order valence-corrected chi connectivity index (χ3v) is 7.01. The number of aryl methyl sites for hydroxylation is 1. The third-order valence-electron chi connectivity index (χ3n) is 6.40. The third kappa shape index (κ3) is 3.74. The van der Waals surface area contributed by atoms with Crippen LogP contribution in [-0.4, -0.2) is 37.8 Å². The van der Waals surface area contributed by atoms with E-state index in [-0.39, 0.29) is 12.1 Å². The lowest BCUT2D eigenvalue weighted by atomic mass is 9.97. The molecule has 31 heavy (non-hydrogen) atoms. The van der Waals surface area contributed by atoms with Crippen molar-refractivity contribution in [1.29, 1.82) is 0 Å². The van der Waals surface area contributed by atoms with E-state index in [1.807, 2.05) is 19.3 Å². The zero-order valence-corrected chi connectivity index (χ0v) is 18.9. The van der Waals surface area contributed by atoms with E-state index in [2.05, 4.69) is 60.0 Å². The molecule has 0 aliphatic heterocycles. The second kappa shape index (κ2) is 8.09. The van der Waals surface area contributed by atoms with Crippen LogP contribution in [0.25, 0.3) is 21.9 Å². The van der Waals surface area contributed by atoms with Gasteiger partial charge >= 0.3 is 0 Å². The molecule has 8 heteroatoms. The van der Waals surface area contributed by atoms with Crippen LogP contribution in [0.15, 0.2) is 47.3 Å². The highest BCUT2D eigenvalue weighted by Gasteiger charge is 2.34. The number of nitrogens with zero attached hydrogens (tertiary/aromatic N) is 4. The van der Waals surface area contributed by atoms with Gasteiger partial charge in [-0.1, -0.05) is 12.1 Å². The Labute approximate surface area is 188 Å². The predicted molar refractivity (Wildman–Crippen MR) is 127 cm³/mol. The Morgan fingerprint density at radius 2 is 2.10 bits per heavy atom. The second-order valence-electron chi connectivity index (χ2n) is 8.33. The molecular formula is C23H25BrN6O. The molecule has 4 aromatic rings. The van der Waals surface area contributed by atoms with Crippen LogP contribution < -0.4 is 11.1 Å². The highest BCUT2D eigenvalue weighted by atomic mass is 79.9. The van der Waals surface area contributed by atoms with Crippen LogP contribution in [0.5, 0.6) is 0 Å². The van der Waals surface area contributed by atoms with Crippen LogP contribution in [0.1, 0.15) is 30.9 Å². The first kappa shape index (κ1) is 20.2. The summed E-state index contributed by atoms with van der Waals surface area (Å²) in [6.07, 6.45) is 6.80. The first-order valence-corrected chi connectivity index (χ1v) is 11.3. The van der Waals surface area contributed by atoms with Gasteiger partial charge in [-0.25, -0.2) is 15.0 Å². The van der Waals surface area contributed by atoms with Gasteiger partial charge in [0, 0.05) is 18.6 Å². The van der Waals surface area contributed by atoms with Crippen molar-refractivity contribution in [3.05, 3.63) is 52.9 Å². The lowest BCUT2D eigenvalue weighted by Crippen LogP contribution is -2.17. The van der Waals surface area contributed by atoms with Crippen molar-refractivity contribution in [2.24, 2.45) is 5.92 Å². The smallest absolute Gasteiger partial charge is 0.145 e. The Hall–Kier alpha value is -2.71. The fourth-order valence-corrected chi connectivity index (χ4v) is 5.31. The number of aliphatic hydroxyl groups excluding tert-OH is 1. The van der Waals surface area contributed by atoms with Crippen LogP contribution in [-0.2, 0) is 6.42 Å². The van der Waals surface area contributed by atoms with Crippen molar-refractivity contribution < 1.29 is 5.11 Å². The number of hydrogen-bond acceptors (Lipinski definition) is 6. The lowest BCUT2D eigenvalue weighted by Gasteiger charge is -2.17. The number of nitrogens with two attached hydrogens (primary N) is 1. The van der Waals surface area contributed by atoms with E-state index in [0.29, 0.717) is 11.7 Å². The van der Waals surface area contributed by atoms with Crippen molar-refractivity contribution in [1.82, 2.24) is 19.5 Å². The SMILES string of the molecule is CNc1nc2cc(CCC3CC(n4ccc5c(N)ncnc54)[C@H](O)C3)ccc2cc1Br. The summed E-state index contributed by atoms with van der Waals surface area (Å²) >= 11 is 3.55. The van der Waals surface area contributed by atoms with Gasteiger partial charge in [-0.2, -0.15) is 0 Å². The molecule has 1 fully saturated rings. The van der Waals surface area contributed by atoms with Crippen LogP contribution in [0, 0.1) is 5.92 Å². The van der Waals surface area contributed by atoms with Gasteiger partial charge in [0.2, 0.25) is 0 Å². The second-order valence-corrected chi connectivity index (χ2v) is 9.18. The number of halogens is 1. The van der Waals surface area contributed by atoms with Crippen LogP contribution in [0.2, 0.25) is 0 Å². The Morgan fingerprint density at radius 1 is 1.23 bits per heavy atom. The number of nitrogens with one attached hydrogen (secondary N) is 1. The number of rotatable bonds is 5. The van der Waals surface area contributed by atoms with Crippen LogP contribution >= 0.6 is 15.9 Å². The summed E-state index contributed by atoms with van der Waals surface area (Å²) in [5.74, 6) is 1.78. The van der Waals surface area contributed by atoms with Crippen molar-refractivity contribution in [2.45, 2.75) is 37.8 Å². The molecule has 1 saturated carbocycles. The number of aromatic nitrogens is 4. The van der Waals surface area contributed by atoms with Crippen molar-refractivity contribution in [3.8, 4) is 0 Å². The highest BCUT2D eigenvalue weighted by molar-refractivity contribution is 9.10. The molecule has 1 aliphatic rings. The van der Waals surface area contributed by atoms with Gasteiger partial charge in [0.1, 0.15) is 23.6 Å². The zero-order valence-electron chi connectivity index (χ0n) is 17.3. The van der Waals surface area contributed by atoms with E-state index < -0.39 is 0 Å². The summed E-state index contributed by atoms with van der Waals surface area (Å²) in [6.45, 7) is 0. The predicted octanol–water partition coefficient (Wildman–Crippen LogP) is 4.31. The Kier molecular flexibility index (Phi) is 5.27. The maximum atomic E-state index is 10.8. The molecule has 0 radical (unpaired) electrons. The zero-order chi connectivity index (χ0) is 21.5. The number of pyridine rings is 1. The summed E-state index contributed by atoms with van der Waals surface area (Å²) in [7, 11) is 1.87. The summed E-state index contributed by atoms with van der Waals surface area (Å²) < 4.78 is 3.03. The first-order chi connectivity index (χ1) is 15.0. The summed E-state index contributed by atoms with van der Waals surface area (Å²) in [5, 5.41) is 15.8. The molecule has 1 aromatic carbocycles. The maximum absolute atomic E-state index is 10.8. The molecular weight excluding hydrogens is 456 g/mol. The van der Waals surface area contributed by atoms with E-state index in [9.17, 15) is 5.11 Å². The standard InChI is InChI=1S/C23H25BrN6O/c1-26-22-17(24)11-15-5-4-13(8-18(15)29-22)2-3-14-9-19(20(31)10-14)30-7-6-16-21(25)27-12-28-23(16)30/h4-8,11-12,14,19-20,31H,2-3,9-10H2,1H3,(H,26,29)(H2,25,27,28)/t14?,19?,20-/m1/s1. The fourth-order valence-electron chi connectivity index (χ4n) is 4.77. The number of benzene rings is 1. The number of anilines is 2. The average Bonchev–Trinajstić information content (AvgIpc) is 3.35. The molecule has 5 rings (SSSR count). The fraction of sp³-hybridized carbons (Fsp3) is 0.348. The highest BCUT2D eigenvalue weighted by Crippen LogP contribution is 2.39. The van der Waals surface area contributed by atoms with Gasteiger partial charge in [-0.05, 0) is 71.3 Å². The molecule has 7 nitrogen and oxygen atoms in total. The minimum absolute atomic E-state index is 0.0191. The lowest BCUT2D eigenvalue weighted by molar-refractivity contribution is 0.136. The van der Waals surface area contributed by atoms with Gasteiger partial charge in [0.25, 0.3) is 0 Å². The molecule has 0 amide bonds. The largest absolute Gasteiger partial charge is 0.391 e. The molecule has 1 aliphatic carbocycles. The van der Waals surface area contributed by atoms with E-state index in [1.165, 1.54) is 11.9 Å². The summed E-state index contributed by atoms with van der Waals surface area (Å²) in [4.78, 5) is 13.2. The number of aliphatic hydroxyl groups is 1. The van der Waals surface area contributed by atoms with E-state index in [4.69, 9.17) is 10.7 Å². The molecule has 3 heterocycles. The molecule has 0 bridgehead atoms. The minimum atomic E-state index is -0.384. The quantitative estimate of drug-likeness (QED) is 0.393. The molecule has 160 valence electrons. The number of fused-ring (bicyclic) bond motifs is 2. The molecule has 4 N–H and O–H groups in total. The number of hydrogen-bond donors (Lipinski definition) is 3. The van der Waals surface area contributed by atoms with Gasteiger partial charge in [-0.3, -0.25) is 0 Å². The van der Waals surface area contributed by atoms with Gasteiger partial charge in [0.15, 0.2) is 0 Å². The van der Waals surface area contributed by atoms with E-state index in [0.717, 1.165) is 57.9 Å². The van der Waals surface area contributed by atoms with Crippen LogP contribution in [0.3, 0.4) is 0 Å². The Bertz CT molecular complexity index is 1260. The Balaban J connectivity index is 1.30. The monoisotopic (exact) mass is 480 g/mol. The molecule has 0 spiro atoms. The van der Waals surface area contributed by atoms with E-state index in [1.54, 1.807) is 0 Å². The van der Waals surface area contributed by atoms with Gasteiger partial charge in [0.05, 0.1) is 27.5 Å².